The summed E-state index contributed by atoms with van der Waals surface area (Å²) in [6.45, 7) is 0.455. The first kappa shape index (κ1) is 9.87. The molecule has 0 amide bonds. The van der Waals surface area contributed by atoms with Crippen molar-refractivity contribution in [3.8, 4) is 11.1 Å². The molecule has 2 rings (SSSR count). The van der Waals surface area contributed by atoms with Crippen molar-refractivity contribution >= 4 is 0 Å². The number of halogens is 1. The van der Waals surface area contributed by atoms with Crippen LogP contribution in [0.5, 0.6) is 0 Å². The van der Waals surface area contributed by atoms with Gasteiger partial charge in [0.15, 0.2) is 0 Å². The Morgan fingerprint density at radius 3 is 2.73 bits per heavy atom. The molecule has 0 aliphatic rings. The van der Waals surface area contributed by atoms with Gasteiger partial charge in [-0.2, -0.15) is 0 Å². The van der Waals surface area contributed by atoms with E-state index in [9.17, 15) is 4.39 Å². The van der Waals surface area contributed by atoms with Gasteiger partial charge in [0.2, 0.25) is 0 Å². The van der Waals surface area contributed by atoms with Gasteiger partial charge in [0.05, 0.1) is 0 Å². The maximum absolute atomic E-state index is 13.0. The Bertz CT molecular complexity index is 466. The van der Waals surface area contributed by atoms with E-state index in [1.165, 1.54) is 6.07 Å². The molecule has 0 aliphatic carbocycles. The zero-order valence-corrected chi connectivity index (χ0v) is 8.20. The van der Waals surface area contributed by atoms with E-state index >= 15 is 0 Å². The van der Waals surface area contributed by atoms with Gasteiger partial charge in [0.1, 0.15) is 5.82 Å². The minimum atomic E-state index is -0.348. The van der Waals surface area contributed by atoms with Crippen LogP contribution in [0.2, 0.25) is 0 Å². The third-order valence-corrected chi connectivity index (χ3v) is 2.31. The molecule has 0 fully saturated rings. The maximum atomic E-state index is 13.0. The summed E-state index contributed by atoms with van der Waals surface area (Å²) in [6.07, 6.45) is 0. The van der Waals surface area contributed by atoms with Crippen molar-refractivity contribution in [3.05, 3.63) is 59.9 Å². The molecule has 0 atom stereocenters. The molecule has 0 saturated carbocycles. The van der Waals surface area contributed by atoms with Crippen LogP contribution in [0.15, 0.2) is 42.5 Å². The highest BCUT2D eigenvalue weighted by Gasteiger charge is 2.03. The van der Waals surface area contributed by atoms with Crippen molar-refractivity contribution < 1.29 is 4.39 Å². The Balaban J connectivity index is 2.53. The summed E-state index contributed by atoms with van der Waals surface area (Å²) < 4.78 is 13.0. The van der Waals surface area contributed by atoms with Crippen LogP contribution in [0.25, 0.3) is 11.1 Å². The monoisotopic (exact) mass is 200 g/mol. The summed E-state index contributed by atoms with van der Waals surface area (Å²) in [5, 5.41) is 0. The lowest BCUT2D eigenvalue weighted by atomic mass is 10.00. The molecule has 0 aliphatic heterocycles. The maximum Gasteiger partial charge on any atom is 0.131 e. The fraction of sp³-hybridized carbons (Fsp3) is 0.0769. The van der Waals surface area contributed by atoms with E-state index < -0.39 is 0 Å². The van der Waals surface area contributed by atoms with E-state index in [0.717, 1.165) is 16.7 Å². The largest absolute Gasteiger partial charge is 0.326 e. The molecule has 15 heavy (non-hydrogen) atoms. The molecule has 0 unspecified atom stereocenters. The fourth-order valence-electron chi connectivity index (χ4n) is 1.58. The average molecular weight is 200 g/mol. The molecule has 1 radical (unpaired) electrons. The first-order valence-corrected chi connectivity index (χ1v) is 4.77. The second-order valence-corrected chi connectivity index (χ2v) is 3.29. The molecule has 0 heterocycles. The van der Waals surface area contributed by atoms with Crippen molar-refractivity contribution in [1.29, 1.82) is 0 Å². The van der Waals surface area contributed by atoms with E-state index in [1.54, 1.807) is 6.07 Å². The van der Waals surface area contributed by atoms with Crippen LogP contribution in [0, 0.1) is 11.9 Å². The molecule has 0 spiro atoms. The molecule has 2 aromatic carbocycles. The lowest BCUT2D eigenvalue weighted by molar-refractivity contribution is 0.626. The van der Waals surface area contributed by atoms with Crippen LogP contribution < -0.4 is 5.73 Å². The molecule has 0 aromatic heterocycles. The van der Waals surface area contributed by atoms with Crippen molar-refractivity contribution in [2.24, 2.45) is 5.73 Å². The Kier molecular flexibility index (Phi) is 2.79. The lowest BCUT2D eigenvalue weighted by Gasteiger charge is -2.07. The molecule has 1 nitrogen and oxygen atoms in total. The summed E-state index contributed by atoms with van der Waals surface area (Å²) >= 11 is 0. The Hall–Kier alpha value is -1.67. The van der Waals surface area contributed by atoms with Gasteiger partial charge in [-0.1, -0.05) is 36.4 Å². The third kappa shape index (κ3) is 2.05. The molecule has 0 saturated heterocycles. The highest BCUT2D eigenvalue weighted by Crippen LogP contribution is 2.23. The predicted molar refractivity (Wildman–Crippen MR) is 58.6 cm³/mol. The van der Waals surface area contributed by atoms with Crippen LogP contribution in [-0.2, 0) is 6.54 Å². The summed E-state index contributed by atoms with van der Waals surface area (Å²) in [7, 11) is 0. The standard InChI is InChI=1S/C13H11FN/c14-12-6-3-5-10(8-12)13-7-2-1-4-11(13)9-15/h1-5,7-8H,9,15H2. The van der Waals surface area contributed by atoms with E-state index in [0.29, 0.717) is 6.54 Å². The minimum absolute atomic E-state index is 0.348. The van der Waals surface area contributed by atoms with Gasteiger partial charge >= 0.3 is 0 Å². The highest BCUT2D eigenvalue weighted by molar-refractivity contribution is 5.67. The van der Waals surface area contributed by atoms with Crippen LogP contribution in [-0.4, -0.2) is 0 Å². The topological polar surface area (TPSA) is 26.0 Å². The zero-order chi connectivity index (χ0) is 10.7. The first-order chi connectivity index (χ1) is 7.31. The van der Waals surface area contributed by atoms with Gasteiger partial charge in [-0.05, 0) is 22.8 Å². The quantitative estimate of drug-likeness (QED) is 0.792. The van der Waals surface area contributed by atoms with Crippen LogP contribution in [0.3, 0.4) is 0 Å². The average Bonchev–Trinajstić information content (AvgIpc) is 2.29. The first-order valence-electron chi connectivity index (χ1n) is 4.77. The number of rotatable bonds is 2. The van der Waals surface area contributed by atoms with Crippen molar-refractivity contribution in [2.75, 3.05) is 0 Å². The fourth-order valence-corrected chi connectivity index (χ4v) is 1.58. The van der Waals surface area contributed by atoms with Gasteiger partial charge in [0, 0.05) is 12.6 Å². The second kappa shape index (κ2) is 4.24. The van der Waals surface area contributed by atoms with Gasteiger partial charge in [-0.3, -0.25) is 0 Å². The summed E-state index contributed by atoms with van der Waals surface area (Å²) in [6, 6.07) is 15.1. The second-order valence-electron chi connectivity index (χ2n) is 3.29. The van der Waals surface area contributed by atoms with Crippen LogP contribution in [0.1, 0.15) is 5.56 Å². The number of hydrogen-bond donors (Lipinski definition) is 1. The van der Waals surface area contributed by atoms with Crippen LogP contribution in [0.4, 0.5) is 4.39 Å². The van der Waals surface area contributed by atoms with Crippen molar-refractivity contribution in [2.45, 2.75) is 6.54 Å². The van der Waals surface area contributed by atoms with Crippen molar-refractivity contribution in [3.63, 3.8) is 0 Å². The number of nitrogens with two attached hydrogens (primary N) is 1. The highest BCUT2D eigenvalue weighted by atomic mass is 19.1. The summed E-state index contributed by atoms with van der Waals surface area (Å²) in [5.74, 6) is -0.348. The zero-order valence-electron chi connectivity index (χ0n) is 8.20. The smallest absolute Gasteiger partial charge is 0.131 e. The molecule has 2 N–H and O–H groups in total. The SMILES string of the molecule is NCc1ccccc1-c1cc[c]c(F)c1. The van der Waals surface area contributed by atoms with Gasteiger partial charge < -0.3 is 5.73 Å². The molecule has 0 bridgehead atoms. The van der Waals surface area contributed by atoms with Gasteiger partial charge in [0.25, 0.3) is 0 Å². The molecule has 2 aromatic rings. The normalized spacial score (nSPS) is 10.3. The van der Waals surface area contributed by atoms with E-state index in [2.05, 4.69) is 6.07 Å². The molecular weight excluding hydrogens is 189 g/mol. The molecule has 75 valence electrons. The third-order valence-electron chi connectivity index (χ3n) is 2.31. The van der Waals surface area contributed by atoms with E-state index in [-0.39, 0.29) is 5.82 Å². The summed E-state index contributed by atoms with van der Waals surface area (Å²) in [4.78, 5) is 0. The molecule has 2 heteroatoms. The Morgan fingerprint density at radius 2 is 2.00 bits per heavy atom. The van der Waals surface area contributed by atoms with Crippen LogP contribution >= 0.6 is 0 Å². The Morgan fingerprint density at radius 1 is 1.20 bits per heavy atom. The van der Waals surface area contributed by atoms with Gasteiger partial charge in [-0.25, -0.2) is 4.39 Å². The van der Waals surface area contributed by atoms with Crippen molar-refractivity contribution in [1.82, 2.24) is 0 Å². The van der Waals surface area contributed by atoms with E-state index in [4.69, 9.17) is 5.73 Å². The Labute approximate surface area is 88.4 Å². The number of hydrogen-bond acceptors (Lipinski definition) is 1. The predicted octanol–water partition coefficient (Wildman–Crippen LogP) is 2.75. The molecular formula is C13H11FN. The summed E-state index contributed by atoms with van der Waals surface area (Å²) in [5.41, 5.74) is 8.46. The lowest BCUT2D eigenvalue weighted by Crippen LogP contribution is -1.98. The number of benzene rings is 2. The minimum Gasteiger partial charge on any atom is -0.326 e. The van der Waals surface area contributed by atoms with Gasteiger partial charge in [-0.15, -0.1) is 0 Å². The van der Waals surface area contributed by atoms with E-state index in [1.807, 2.05) is 30.3 Å².